The van der Waals surface area contributed by atoms with Crippen molar-refractivity contribution in [3.63, 3.8) is 0 Å². The van der Waals surface area contributed by atoms with E-state index < -0.39 is 6.04 Å². The van der Waals surface area contributed by atoms with E-state index >= 15 is 0 Å². The zero-order valence-corrected chi connectivity index (χ0v) is 12.8. The molecule has 0 aliphatic rings. The number of ether oxygens (including phenoxy) is 2. The Morgan fingerprint density at radius 1 is 1.10 bits per heavy atom. The topological polar surface area (TPSA) is 44.5 Å². The van der Waals surface area contributed by atoms with E-state index in [-0.39, 0.29) is 5.82 Å². The number of para-hydroxylation sites is 1. The largest absolute Gasteiger partial charge is 0.493 e. The maximum atomic E-state index is 14.0. The molecule has 0 aliphatic heterocycles. The Balaban J connectivity index is 2.53. The lowest BCUT2D eigenvalue weighted by atomic mass is 9.98. The molecule has 0 heterocycles. The summed E-state index contributed by atoms with van der Waals surface area (Å²) in [6.07, 6.45) is 0. The van der Waals surface area contributed by atoms with E-state index in [0.717, 1.165) is 4.47 Å². The van der Waals surface area contributed by atoms with Crippen molar-refractivity contribution < 1.29 is 13.9 Å². The van der Waals surface area contributed by atoms with E-state index in [0.29, 0.717) is 22.6 Å². The van der Waals surface area contributed by atoms with E-state index in [2.05, 4.69) is 15.9 Å². The molecule has 0 amide bonds. The van der Waals surface area contributed by atoms with E-state index in [1.54, 1.807) is 37.4 Å². The minimum Gasteiger partial charge on any atom is -0.493 e. The van der Waals surface area contributed by atoms with Crippen molar-refractivity contribution >= 4 is 15.9 Å². The molecule has 2 N–H and O–H groups in total. The first-order valence-corrected chi connectivity index (χ1v) is 6.79. The van der Waals surface area contributed by atoms with Gasteiger partial charge in [0.05, 0.1) is 20.3 Å². The van der Waals surface area contributed by atoms with E-state index in [9.17, 15) is 4.39 Å². The summed E-state index contributed by atoms with van der Waals surface area (Å²) in [5.41, 5.74) is 7.25. The molecule has 5 heteroatoms. The number of hydrogen-bond donors (Lipinski definition) is 1. The molecule has 0 fully saturated rings. The predicted octanol–water partition coefficient (Wildman–Crippen LogP) is 3.65. The lowest BCUT2D eigenvalue weighted by molar-refractivity contribution is 0.350. The standard InChI is InChI=1S/C15H15BrFNO2/c1-19-13-5-3-4-10(15(13)20-2)14(18)11-8-9(16)6-7-12(11)17/h3-8,14H,18H2,1-2H3. The number of rotatable bonds is 4. The Hall–Kier alpha value is -1.59. The smallest absolute Gasteiger partial charge is 0.165 e. The molecular formula is C15H15BrFNO2. The minimum atomic E-state index is -0.641. The zero-order chi connectivity index (χ0) is 14.7. The van der Waals surface area contributed by atoms with Gasteiger partial charge in [-0.1, -0.05) is 28.1 Å². The molecule has 20 heavy (non-hydrogen) atoms. The highest BCUT2D eigenvalue weighted by atomic mass is 79.9. The van der Waals surface area contributed by atoms with Gasteiger partial charge < -0.3 is 15.2 Å². The maximum absolute atomic E-state index is 14.0. The molecule has 0 aliphatic carbocycles. The molecule has 0 bridgehead atoms. The molecule has 0 saturated carbocycles. The number of halogens is 2. The summed E-state index contributed by atoms with van der Waals surface area (Å²) in [5.74, 6) is 0.725. The SMILES string of the molecule is COc1cccc(C(N)c2cc(Br)ccc2F)c1OC. The number of benzene rings is 2. The fourth-order valence-corrected chi connectivity index (χ4v) is 2.46. The van der Waals surface area contributed by atoms with Gasteiger partial charge in [0.1, 0.15) is 5.82 Å². The maximum Gasteiger partial charge on any atom is 0.165 e. The molecule has 2 rings (SSSR count). The van der Waals surface area contributed by atoms with Crippen LogP contribution in [0.4, 0.5) is 4.39 Å². The summed E-state index contributed by atoms with van der Waals surface area (Å²) in [7, 11) is 3.08. The van der Waals surface area contributed by atoms with Crippen molar-refractivity contribution in [2.75, 3.05) is 14.2 Å². The van der Waals surface area contributed by atoms with Crippen molar-refractivity contribution in [1.82, 2.24) is 0 Å². The molecule has 0 saturated heterocycles. The molecule has 0 aromatic heterocycles. The van der Waals surface area contributed by atoms with Gasteiger partial charge in [-0.2, -0.15) is 0 Å². The van der Waals surface area contributed by atoms with Crippen LogP contribution in [0, 0.1) is 5.82 Å². The Bertz CT molecular complexity index is 619. The highest BCUT2D eigenvalue weighted by Gasteiger charge is 2.20. The van der Waals surface area contributed by atoms with Crippen LogP contribution in [0.3, 0.4) is 0 Å². The number of hydrogen-bond acceptors (Lipinski definition) is 3. The van der Waals surface area contributed by atoms with Gasteiger partial charge in [0.15, 0.2) is 11.5 Å². The van der Waals surface area contributed by atoms with Gasteiger partial charge in [0.2, 0.25) is 0 Å². The van der Waals surface area contributed by atoms with Crippen molar-refractivity contribution in [3.8, 4) is 11.5 Å². The Labute approximate surface area is 125 Å². The Morgan fingerprint density at radius 2 is 1.85 bits per heavy atom. The van der Waals surface area contributed by atoms with Gasteiger partial charge in [0, 0.05) is 15.6 Å². The Kier molecular flexibility index (Phi) is 4.62. The molecule has 2 aromatic carbocycles. The molecule has 0 spiro atoms. The summed E-state index contributed by atoms with van der Waals surface area (Å²) in [5, 5.41) is 0. The van der Waals surface area contributed by atoms with E-state index in [1.165, 1.54) is 13.2 Å². The van der Waals surface area contributed by atoms with Crippen LogP contribution in [0.5, 0.6) is 11.5 Å². The Morgan fingerprint density at radius 3 is 2.50 bits per heavy atom. The summed E-state index contributed by atoms with van der Waals surface area (Å²) in [4.78, 5) is 0. The van der Waals surface area contributed by atoms with Crippen LogP contribution in [0.25, 0.3) is 0 Å². The van der Waals surface area contributed by atoms with E-state index in [4.69, 9.17) is 15.2 Å². The normalized spacial score (nSPS) is 12.1. The third kappa shape index (κ3) is 2.78. The van der Waals surface area contributed by atoms with E-state index in [1.807, 2.05) is 0 Å². The van der Waals surface area contributed by atoms with Crippen LogP contribution in [-0.2, 0) is 0 Å². The predicted molar refractivity (Wildman–Crippen MR) is 79.7 cm³/mol. The summed E-state index contributed by atoms with van der Waals surface area (Å²) in [6, 6.07) is 9.40. The lowest BCUT2D eigenvalue weighted by Gasteiger charge is -2.18. The molecule has 0 radical (unpaired) electrons. The highest BCUT2D eigenvalue weighted by molar-refractivity contribution is 9.10. The third-order valence-corrected chi connectivity index (χ3v) is 3.55. The molecule has 1 atom stereocenters. The average molecular weight is 340 g/mol. The van der Waals surface area contributed by atoms with Crippen LogP contribution < -0.4 is 15.2 Å². The first-order valence-electron chi connectivity index (χ1n) is 6.00. The third-order valence-electron chi connectivity index (χ3n) is 3.06. The van der Waals surface area contributed by atoms with Crippen LogP contribution >= 0.6 is 15.9 Å². The van der Waals surface area contributed by atoms with Gasteiger partial charge in [-0.05, 0) is 24.3 Å². The first kappa shape index (κ1) is 14.8. The lowest BCUT2D eigenvalue weighted by Crippen LogP contribution is -2.15. The first-order chi connectivity index (χ1) is 9.58. The van der Waals surface area contributed by atoms with Crippen molar-refractivity contribution in [1.29, 1.82) is 0 Å². The van der Waals surface area contributed by atoms with Crippen LogP contribution in [0.2, 0.25) is 0 Å². The van der Waals surface area contributed by atoms with Crippen molar-refractivity contribution in [3.05, 3.63) is 57.8 Å². The molecule has 1 unspecified atom stereocenters. The summed E-state index contributed by atoms with van der Waals surface area (Å²) in [6.45, 7) is 0. The second kappa shape index (κ2) is 6.24. The number of methoxy groups -OCH3 is 2. The van der Waals surface area contributed by atoms with Gasteiger partial charge in [-0.3, -0.25) is 0 Å². The molecule has 106 valence electrons. The second-order valence-corrected chi connectivity index (χ2v) is 5.14. The van der Waals surface area contributed by atoms with Gasteiger partial charge in [-0.15, -0.1) is 0 Å². The molecule has 3 nitrogen and oxygen atoms in total. The minimum absolute atomic E-state index is 0.356. The monoisotopic (exact) mass is 339 g/mol. The van der Waals surface area contributed by atoms with Crippen molar-refractivity contribution in [2.24, 2.45) is 5.73 Å². The fourth-order valence-electron chi connectivity index (χ4n) is 2.08. The number of nitrogens with two attached hydrogens (primary N) is 1. The fraction of sp³-hybridized carbons (Fsp3) is 0.200. The van der Waals surface area contributed by atoms with Gasteiger partial charge >= 0.3 is 0 Å². The molecular weight excluding hydrogens is 325 g/mol. The zero-order valence-electron chi connectivity index (χ0n) is 11.2. The highest BCUT2D eigenvalue weighted by Crippen LogP contribution is 2.37. The van der Waals surface area contributed by atoms with Crippen LogP contribution in [-0.4, -0.2) is 14.2 Å². The second-order valence-electron chi connectivity index (χ2n) is 4.23. The average Bonchev–Trinajstić information content (AvgIpc) is 2.48. The summed E-state index contributed by atoms with van der Waals surface area (Å²) < 4.78 is 25.3. The van der Waals surface area contributed by atoms with Crippen LogP contribution in [0.15, 0.2) is 40.9 Å². The molecule has 2 aromatic rings. The van der Waals surface area contributed by atoms with Crippen LogP contribution in [0.1, 0.15) is 17.2 Å². The summed E-state index contributed by atoms with van der Waals surface area (Å²) >= 11 is 3.32. The van der Waals surface area contributed by atoms with Crippen molar-refractivity contribution in [2.45, 2.75) is 6.04 Å². The van der Waals surface area contributed by atoms with Gasteiger partial charge in [0.25, 0.3) is 0 Å². The quantitative estimate of drug-likeness (QED) is 0.924. The van der Waals surface area contributed by atoms with Gasteiger partial charge in [-0.25, -0.2) is 4.39 Å².